The molecule has 0 aromatic heterocycles. The summed E-state index contributed by atoms with van der Waals surface area (Å²) >= 11 is 0. The van der Waals surface area contributed by atoms with E-state index in [0.717, 1.165) is 11.3 Å². The zero-order chi connectivity index (χ0) is 15.1. The lowest BCUT2D eigenvalue weighted by molar-refractivity contribution is 0.0562. The standard InChI is InChI=1S/C18H23NO2/c1-15-7-6-10-17(13-15)21-12-11-19-14-18(2,20)16-8-4-3-5-9-16/h3-10,13,19-20H,11-12,14H2,1-2H3. The van der Waals surface area contributed by atoms with Crippen LogP contribution >= 0.6 is 0 Å². The number of aryl methyl sites for hydroxylation is 1. The van der Waals surface area contributed by atoms with Gasteiger partial charge in [0.05, 0.1) is 5.60 Å². The molecule has 2 aromatic rings. The summed E-state index contributed by atoms with van der Waals surface area (Å²) in [5, 5.41) is 13.7. The molecule has 0 aliphatic rings. The van der Waals surface area contributed by atoms with E-state index in [1.165, 1.54) is 5.56 Å². The average Bonchev–Trinajstić information content (AvgIpc) is 2.48. The quantitative estimate of drug-likeness (QED) is 0.769. The molecular weight excluding hydrogens is 262 g/mol. The van der Waals surface area contributed by atoms with Gasteiger partial charge in [0.25, 0.3) is 0 Å². The van der Waals surface area contributed by atoms with Crippen molar-refractivity contribution in [3.8, 4) is 5.75 Å². The van der Waals surface area contributed by atoms with Gasteiger partial charge < -0.3 is 15.2 Å². The maximum absolute atomic E-state index is 10.4. The highest BCUT2D eigenvalue weighted by molar-refractivity contribution is 5.27. The van der Waals surface area contributed by atoms with Crippen molar-refractivity contribution in [2.45, 2.75) is 19.4 Å². The first-order chi connectivity index (χ1) is 10.1. The van der Waals surface area contributed by atoms with E-state index < -0.39 is 5.60 Å². The lowest BCUT2D eigenvalue weighted by Crippen LogP contribution is -2.37. The third kappa shape index (κ3) is 4.88. The Bertz CT molecular complexity index is 552. The molecule has 21 heavy (non-hydrogen) atoms. The Morgan fingerprint density at radius 2 is 1.86 bits per heavy atom. The van der Waals surface area contributed by atoms with Gasteiger partial charge in [-0.15, -0.1) is 0 Å². The van der Waals surface area contributed by atoms with Crippen LogP contribution < -0.4 is 10.1 Å². The van der Waals surface area contributed by atoms with Gasteiger partial charge >= 0.3 is 0 Å². The average molecular weight is 285 g/mol. The van der Waals surface area contributed by atoms with Gasteiger partial charge in [-0.1, -0.05) is 42.5 Å². The fourth-order valence-corrected chi connectivity index (χ4v) is 2.18. The van der Waals surface area contributed by atoms with Crippen LogP contribution in [0.3, 0.4) is 0 Å². The number of hydrogen-bond donors (Lipinski definition) is 2. The fraction of sp³-hybridized carbons (Fsp3) is 0.333. The summed E-state index contributed by atoms with van der Waals surface area (Å²) in [6.45, 7) is 5.62. The molecule has 0 saturated carbocycles. The molecule has 3 heteroatoms. The molecule has 0 aliphatic heterocycles. The third-order valence-corrected chi connectivity index (χ3v) is 3.40. The molecule has 112 valence electrons. The molecule has 0 radical (unpaired) electrons. The van der Waals surface area contributed by atoms with E-state index in [4.69, 9.17) is 4.74 Å². The number of hydrogen-bond acceptors (Lipinski definition) is 3. The Labute approximate surface area is 126 Å². The van der Waals surface area contributed by atoms with Gasteiger partial charge in [-0.25, -0.2) is 0 Å². The molecule has 0 spiro atoms. The number of nitrogens with one attached hydrogen (secondary N) is 1. The lowest BCUT2D eigenvalue weighted by atomic mass is 9.96. The van der Waals surface area contributed by atoms with E-state index in [9.17, 15) is 5.11 Å². The maximum Gasteiger partial charge on any atom is 0.119 e. The van der Waals surface area contributed by atoms with Gasteiger partial charge in [-0.2, -0.15) is 0 Å². The monoisotopic (exact) mass is 285 g/mol. The van der Waals surface area contributed by atoms with Crippen LogP contribution in [0.4, 0.5) is 0 Å². The number of benzene rings is 2. The predicted molar refractivity (Wildman–Crippen MR) is 85.6 cm³/mol. The van der Waals surface area contributed by atoms with Gasteiger partial charge in [0, 0.05) is 13.1 Å². The second-order valence-electron chi connectivity index (χ2n) is 5.48. The van der Waals surface area contributed by atoms with Crippen LogP contribution in [0.1, 0.15) is 18.1 Å². The molecule has 0 fully saturated rings. The van der Waals surface area contributed by atoms with Crippen molar-refractivity contribution in [3.63, 3.8) is 0 Å². The minimum absolute atomic E-state index is 0.494. The molecule has 3 nitrogen and oxygen atoms in total. The predicted octanol–water partition coefficient (Wildman–Crippen LogP) is 2.87. The van der Waals surface area contributed by atoms with Crippen molar-refractivity contribution in [1.82, 2.24) is 5.32 Å². The minimum atomic E-state index is -0.870. The van der Waals surface area contributed by atoms with Crippen LogP contribution in [0.25, 0.3) is 0 Å². The smallest absolute Gasteiger partial charge is 0.119 e. The van der Waals surface area contributed by atoms with Crippen LogP contribution in [0, 0.1) is 6.92 Å². The Hall–Kier alpha value is -1.84. The number of aliphatic hydroxyl groups is 1. The lowest BCUT2D eigenvalue weighted by Gasteiger charge is -2.24. The van der Waals surface area contributed by atoms with E-state index in [2.05, 4.69) is 5.32 Å². The zero-order valence-electron chi connectivity index (χ0n) is 12.7. The van der Waals surface area contributed by atoms with E-state index in [1.54, 1.807) is 0 Å². The topological polar surface area (TPSA) is 41.5 Å². The van der Waals surface area contributed by atoms with Crippen LogP contribution in [0.5, 0.6) is 5.75 Å². The SMILES string of the molecule is Cc1cccc(OCCNCC(C)(O)c2ccccc2)c1. The second-order valence-corrected chi connectivity index (χ2v) is 5.48. The van der Waals surface area contributed by atoms with Crippen LogP contribution in [0.2, 0.25) is 0 Å². The summed E-state index contributed by atoms with van der Waals surface area (Å²) in [5.74, 6) is 0.881. The molecule has 2 aromatic carbocycles. The van der Waals surface area contributed by atoms with Crippen molar-refractivity contribution >= 4 is 0 Å². The highest BCUT2D eigenvalue weighted by Gasteiger charge is 2.21. The molecule has 0 aliphatic carbocycles. The van der Waals surface area contributed by atoms with E-state index in [-0.39, 0.29) is 0 Å². The molecular formula is C18H23NO2. The van der Waals surface area contributed by atoms with E-state index >= 15 is 0 Å². The first-order valence-corrected chi connectivity index (χ1v) is 7.26. The van der Waals surface area contributed by atoms with Crippen molar-refractivity contribution in [1.29, 1.82) is 0 Å². The van der Waals surface area contributed by atoms with Gasteiger partial charge in [-0.05, 0) is 37.1 Å². The van der Waals surface area contributed by atoms with Gasteiger partial charge in [-0.3, -0.25) is 0 Å². The highest BCUT2D eigenvalue weighted by atomic mass is 16.5. The minimum Gasteiger partial charge on any atom is -0.492 e. The van der Waals surface area contributed by atoms with Crippen molar-refractivity contribution in [2.75, 3.05) is 19.7 Å². The molecule has 0 heterocycles. The molecule has 0 saturated heterocycles. The van der Waals surface area contributed by atoms with Gasteiger partial charge in [0.1, 0.15) is 12.4 Å². The Balaban J connectivity index is 1.72. The van der Waals surface area contributed by atoms with Crippen LogP contribution in [-0.2, 0) is 5.60 Å². The van der Waals surface area contributed by atoms with Crippen LogP contribution in [0.15, 0.2) is 54.6 Å². The fourth-order valence-electron chi connectivity index (χ4n) is 2.18. The van der Waals surface area contributed by atoms with Crippen LogP contribution in [-0.4, -0.2) is 24.8 Å². The molecule has 1 unspecified atom stereocenters. The summed E-state index contributed by atoms with van der Waals surface area (Å²) in [7, 11) is 0. The number of rotatable bonds is 7. The first kappa shape index (κ1) is 15.5. The van der Waals surface area contributed by atoms with Crippen molar-refractivity contribution in [2.24, 2.45) is 0 Å². The van der Waals surface area contributed by atoms with Gasteiger partial charge in [0.2, 0.25) is 0 Å². The van der Waals surface area contributed by atoms with Crippen molar-refractivity contribution < 1.29 is 9.84 Å². The van der Waals surface area contributed by atoms with E-state index in [1.807, 2.05) is 68.4 Å². The summed E-state index contributed by atoms with van der Waals surface area (Å²) in [6.07, 6.45) is 0. The Morgan fingerprint density at radius 1 is 1.10 bits per heavy atom. The first-order valence-electron chi connectivity index (χ1n) is 7.26. The second kappa shape index (κ2) is 7.25. The Morgan fingerprint density at radius 3 is 2.57 bits per heavy atom. The summed E-state index contributed by atoms with van der Waals surface area (Å²) in [4.78, 5) is 0. The summed E-state index contributed by atoms with van der Waals surface area (Å²) in [6, 6.07) is 17.7. The third-order valence-electron chi connectivity index (χ3n) is 3.40. The summed E-state index contributed by atoms with van der Waals surface area (Å²) < 4.78 is 5.66. The molecule has 0 bridgehead atoms. The molecule has 1 atom stereocenters. The molecule has 0 amide bonds. The largest absolute Gasteiger partial charge is 0.492 e. The van der Waals surface area contributed by atoms with E-state index in [0.29, 0.717) is 19.7 Å². The Kier molecular flexibility index (Phi) is 5.37. The zero-order valence-corrected chi connectivity index (χ0v) is 12.7. The normalized spacial score (nSPS) is 13.7. The molecule has 2 N–H and O–H groups in total. The van der Waals surface area contributed by atoms with Crippen molar-refractivity contribution in [3.05, 3.63) is 65.7 Å². The highest BCUT2D eigenvalue weighted by Crippen LogP contribution is 2.18. The number of ether oxygens (including phenoxy) is 1. The maximum atomic E-state index is 10.4. The molecule has 2 rings (SSSR count). The van der Waals surface area contributed by atoms with Gasteiger partial charge in [0.15, 0.2) is 0 Å². The summed E-state index contributed by atoms with van der Waals surface area (Å²) in [5.41, 5.74) is 1.23.